The smallest absolute Gasteiger partial charge is 0.0320 e. The Morgan fingerprint density at radius 2 is 1.77 bits per heavy atom. The lowest BCUT2D eigenvalue weighted by molar-refractivity contribution is 0.644. The fourth-order valence-electron chi connectivity index (χ4n) is 1.56. The van der Waals surface area contributed by atoms with E-state index in [2.05, 4.69) is 37.3 Å². The van der Waals surface area contributed by atoms with E-state index in [4.69, 9.17) is 0 Å². The van der Waals surface area contributed by atoms with E-state index in [1.807, 2.05) is 0 Å². The van der Waals surface area contributed by atoms with Gasteiger partial charge in [0.2, 0.25) is 0 Å². The molecule has 0 unspecified atom stereocenters. The van der Waals surface area contributed by atoms with Gasteiger partial charge in [0.1, 0.15) is 0 Å². The molecule has 0 saturated carbocycles. The first-order valence-corrected chi connectivity index (χ1v) is 5.38. The molecule has 0 heterocycles. The zero-order valence-electron chi connectivity index (χ0n) is 8.63. The van der Waals surface area contributed by atoms with Crippen LogP contribution in [0.5, 0.6) is 0 Å². The largest absolute Gasteiger partial charge is 0.0845 e. The fourth-order valence-corrected chi connectivity index (χ4v) is 1.56. The van der Waals surface area contributed by atoms with Gasteiger partial charge in [-0.05, 0) is 32.6 Å². The predicted molar refractivity (Wildman–Crippen MR) is 59.7 cm³/mol. The molecule has 1 aliphatic carbocycles. The molecule has 0 bridgehead atoms. The maximum atomic E-state index is 2.27. The summed E-state index contributed by atoms with van der Waals surface area (Å²) in [4.78, 5) is 0. The second-order valence-corrected chi connectivity index (χ2v) is 3.78. The maximum absolute atomic E-state index is 2.27. The highest BCUT2D eigenvalue weighted by molar-refractivity contribution is 5.15. The molecular weight excluding hydrogens is 156 g/mol. The molecule has 0 saturated heterocycles. The van der Waals surface area contributed by atoms with E-state index in [0.29, 0.717) is 0 Å². The molecule has 0 spiro atoms. The molecule has 72 valence electrons. The van der Waals surface area contributed by atoms with Crippen LogP contribution in [0.2, 0.25) is 0 Å². The second-order valence-electron chi connectivity index (χ2n) is 3.78. The van der Waals surface area contributed by atoms with Gasteiger partial charge in [0.25, 0.3) is 0 Å². The van der Waals surface area contributed by atoms with E-state index in [1.165, 1.54) is 44.1 Å². The Morgan fingerprint density at radius 3 is 2.69 bits per heavy atom. The van der Waals surface area contributed by atoms with Gasteiger partial charge < -0.3 is 0 Å². The van der Waals surface area contributed by atoms with Gasteiger partial charge in [-0.15, -0.1) is 0 Å². The Kier molecular flexibility index (Phi) is 5.31. The summed E-state index contributed by atoms with van der Waals surface area (Å²) in [6.07, 6.45) is 18.9. The van der Waals surface area contributed by atoms with E-state index < -0.39 is 0 Å². The number of hydrogen-bond acceptors (Lipinski definition) is 0. The Labute approximate surface area is 82.0 Å². The van der Waals surface area contributed by atoms with Crippen molar-refractivity contribution < 1.29 is 0 Å². The van der Waals surface area contributed by atoms with Crippen LogP contribution in [-0.4, -0.2) is 0 Å². The van der Waals surface area contributed by atoms with E-state index >= 15 is 0 Å². The van der Waals surface area contributed by atoms with Crippen LogP contribution in [0.1, 0.15) is 45.4 Å². The molecule has 13 heavy (non-hydrogen) atoms. The summed E-state index contributed by atoms with van der Waals surface area (Å²) in [7, 11) is 0. The first kappa shape index (κ1) is 10.3. The summed E-state index contributed by atoms with van der Waals surface area (Å²) in [5.41, 5.74) is 1.50. The van der Waals surface area contributed by atoms with Crippen LogP contribution < -0.4 is 0 Å². The lowest BCUT2D eigenvalue weighted by Crippen LogP contribution is -1.81. The van der Waals surface area contributed by atoms with Gasteiger partial charge in [-0.3, -0.25) is 0 Å². The SMILES string of the molecule is C/C1=C/C=C\C=C/CCCCCC1. The second kappa shape index (κ2) is 6.71. The third kappa shape index (κ3) is 5.46. The Hall–Kier alpha value is -0.780. The summed E-state index contributed by atoms with van der Waals surface area (Å²) in [6, 6.07) is 0. The van der Waals surface area contributed by atoms with Crippen molar-refractivity contribution in [1.29, 1.82) is 0 Å². The van der Waals surface area contributed by atoms with Crippen LogP contribution in [0.15, 0.2) is 36.0 Å². The summed E-state index contributed by atoms with van der Waals surface area (Å²) in [6.45, 7) is 2.22. The summed E-state index contributed by atoms with van der Waals surface area (Å²) in [5, 5.41) is 0. The van der Waals surface area contributed by atoms with E-state index in [-0.39, 0.29) is 0 Å². The topological polar surface area (TPSA) is 0 Å². The van der Waals surface area contributed by atoms with Gasteiger partial charge in [0.15, 0.2) is 0 Å². The van der Waals surface area contributed by atoms with Gasteiger partial charge in [0.05, 0.1) is 0 Å². The highest BCUT2D eigenvalue weighted by Gasteiger charge is 1.91. The molecule has 0 aliphatic heterocycles. The molecule has 0 heteroatoms. The van der Waals surface area contributed by atoms with E-state index in [1.54, 1.807) is 0 Å². The molecule has 0 amide bonds. The molecule has 0 N–H and O–H groups in total. The van der Waals surface area contributed by atoms with Crippen LogP contribution >= 0.6 is 0 Å². The summed E-state index contributed by atoms with van der Waals surface area (Å²) < 4.78 is 0. The van der Waals surface area contributed by atoms with Crippen LogP contribution in [0.3, 0.4) is 0 Å². The van der Waals surface area contributed by atoms with Crippen molar-refractivity contribution in [1.82, 2.24) is 0 Å². The van der Waals surface area contributed by atoms with Crippen LogP contribution in [0.25, 0.3) is 0 Å². The van der Waals surface area contributed by atoms with Gasteiger partial charge in [-0.1, -0.05) is 48.8 Å². The monoisotopic (exact) mass is 176 g/mol. The van der Waals surface area contributed by atoms with E-state index in [9.17, 15) is 0 Å². The van der Waals surface area contributed by atoms with Crippen molar-refractivity contribution >= 4 is 0 Å². The predicted octanol–water partition coefficient (Wildman–Crippen LogP) is 4.40. The normalized spacial score (nSPS) is 29.2. The van der Waals surface area contributed by atoms with Crippen LogP contribution in [-0.2, 0) is 0 Å². The maximum Gasteiger partial charge on any atom is -0.0320 e. The number of rotatable bonds is 0. The zero-order chi connectivity index (χ0) is 9.36. The quantitative estimate of drug-likeness (QED) is 0.513. The molecule has 0 aromatic rings. The lowest BCUT2D eigenvalue weighted by atomic mass is 10.1. The van der Waals surface area contributed by atoms with Gasteiger partial charge >= 0.3 is 0 Å². The van der Waals surface area contributed by atoms with Crippen molar-refractivity contribution in [3.63, 3.8) is 0 Å². The first-order valence-electron chi connectivity index (χ1n) is 5.38. The van der Waals surface area contributed by atoms with Crippen LogP contribution in [0.4, 0.5) is 0 Å². The average Bonchev–Trinajstić information content (AvgIpc) is 2.11. The molecule has 0 aromatic carbocycles. The molecule has 1 rings (SSSR count). The van der Waals surface area contributed by atoms with Gasteiger partial charge in [-0.25, -0.2) is 0 Å². The number of hydrogen-bond donors (Lipinski definition) is 0. The zero-order valence-corrected chi connectivity index (χ0v) is 8.63. The van der Waals surface area contributed by atoms with E-state index in [0.717, 1.165) is 0 Å². The number of allylic oxidation sites excluding steroid dienone is 6. The highest BCUT2D eigenvalue weighted by Crippen LogP contribution is 2.11. The Balaban J connectivity index is 2.45. The third-order valence-corrected chi connectivity index (χ3v) is 2.43. The summed E-state index contributed by atoms with van der Waals surface area (Å²) in [5.74, 6) is 0. The minimum absolute atomic E-state index is 1.24. The molecule has 0 fully saturated rings. The lowest BCUT2D eigenvalue weighted by Gasteiger charge is -2.01. The molecule has 0 aromatic heterocycles. The molecule has 0 nitrogen and oxygen atoms in total. The average molecular weight is 176 g/mol. The molecule has 1 aliphatic rings. The van der Waals surface area contributed by atoms with Crippen molar-refractivity contribution in [2.45, 2.75) is 45.4 Å². The fraction of sp³-hybridized carbons (Fsp3) is 0.538. The van der Waals surface area contributed by atoms with Crippen molar-refractivity contribution in [2.24, 2.45) is 0 Å². The van der Waals surface area contributed by atoms with Crippen molar-refractivity contribution in [2.75, 3.05) is 0 Å². The third-order valence-electron chi connectivity index (χ3n) is 2.43. The van der Waals surface area contributed by atoms with Crippen molar-refractivity contribution in [3.05, 3.63) is 36.0 Å². The minimum atomic E-state index is 1.24. The highest BCUT2D eigenvalue weighted by atomic mass is 14.0. The Morgan fingerprint density at radius 1 is 0.923 bits per heavy atom. The minimum Gasteiger partial charge on any atom is -0.0845 e. The molecule has 0 radical (unpaired) electrons. The van der Waals surface area contributed by atoms with Crippen molar-refractivity contribution in [3.8, 4) is 0 Å². The van der Waals surface area contributed by atoms with Gasteiger partial charge in [0, 0.05) is 0 Å². The first-order chi connectivity index (χ1) is 6.39. The van der Waals surface area contributed by atoms with Gasteiger partial charge in [-0.2, -0.15) is 0 Å². The molecular formula is C13H20. The molecule has 0 atom stereocenters. The standard InChI is InChI=1S/C13H20/c1-13-11-9-7-5-3-2-4-6-8-10-12-13/h3,5,7,9,11H,2,4,6,8,10,12H2,1H3/b5-3-,9-7-,13-11-. The Bertz CT molecular complexity index is 206. The summed E-state index contributed by atoms with van der Waals surface area (Å²) >= 11 is 0. The van der Waals surface area contributed by atoms with Crippen LogP contribution in [0, 0.1) is 0 Å².